The molecule has 0 spiro atoms. The fraction of sp³-hybridized carbons (Fsp3) is 0.316. The molecular weight excluding hydrogens is 424 g/mol. The highest BCUT2D eigenvalue weighted by atomic mass is 79.9. The molecule has 3 aromatic heterocycles. The van der Waals surface area contributed by atoms with E-state index in [1.54, 1.807) is 29.7 Å². The first kappa shape index (κ1) is 18.5. The van der Waals surface area contributed by atoms with E-state index in [1.165, 1.54) is 4.80 Å². The van der Waals surface area contributed by atoms with Gasteiger partial charge in [0.2, 0.25) is 5.88 Å². The van der Waals surface area contributed by atoms with Crippen molar-refractivity contribution in [2.24, 2.45) is 0 Å². The van der Waals surface area contributed by atoms with Crippen molar-refractivity contribution in [1.82, 2.24) is 29.9 Å². The molecule has 3 aromatic rings. The number of carbonyl (C=O) groups is 1. The summed E-state index contributed by atoms with van der Waals surface area (Å²) in [5, 5.41) is 8.24. The van der Waals surface area contributed by atoms with Crippen molar-refractivity contribution in [3.63, 3.8) is 0 Å². The van der Waals surface area contributed by atoms with Crippen LogP contribution in [0, 0.1) is 6.92 Å². The molecule has 28 heavy (non-hydrogen) atoms. The highest BCUT2D eigenvalue weighted by Gasteiger charge is 2.28. The molecule has 0 aromatic carbocycles. The third-order valence-electron chi connectivity index (χ3n) is 4.50. The molecule has 0 N–H and O–H groups in total. The molecule has 4 heterocycles. The van der Waals surface area contributed by atoms with Gasteiger partial charge in [0, 0.05) is 29.5 Å². The smallest absolute Gasteiger partial charge is 0.257 e. The van der Waals surface area contributed by atoms with Crippen molar-refractivity contribution in [2.45, 2.75) is 25.9 Å². The van der Waals surface area contributed by atoms with Gasteiger partial charge in [-0.05, 0) is 53.4 Å². The van der Waals surface area contributed by atoms with Crippen molar-refractivity contribution >= 4 is 21.8 Å². The first-order chi connectivity index (χ1) is 13.6. The molecule has 1 amide bonds. The number of nitrogens with zero attached hydrogens (tertiary/aromatic N) is 6. The predicted octanol–water partition coefficient (Wildman–Crippen LogP) is 2.81. The Hall–Kier alpha value is -2.81. The zero-order chi connectivity index (χ0) is 19.5. The van der Waals surface area contributed by atoms with Crippen LogP contribution in [0.2, 0.25) is 0 Å². The fourth-order valence-electron chi connectivity index (χ4n) is 3.20. The summed E-state index contributed by atoms with van der Waals surface area (Å²) in [5.41, 5.74) is 1.39. The molecule has 1 aliphatic rings. The van der Waals surface area contributed by atoms with Crippen LogP contribution in [0.1, 0.15) is 28.8 Å². The number of aryl methyl sites for hydroxylation is 1. The summed E-state index contributed by atoms with van der Waals surface area (Å²) in [6.45, 7) is 3.08. The van der Waals surface area contributed by atoms with Gasteiger partial charge >= 0.3 is 0 Å². The third kappa shape index (κ3) is 4.04. The van der Waals surface area contributed by atoms with Gasteiger partial charge in [-0.1, -0.05) is 0 Å². The number of aromatic nitrogens is 5. The summed E-state index contributed by atoms with van der Waals surface area (Å²) >= 11 is 3.36. The second-order valence-electron chi connectivity index (χ2n) is 6.65. The Balaban J connectivity index is 1.53. The van der Waals surface area contributed by atoms with E-state index in [9.17, 15) is 4.79 Å². The largest absolute Gasteiger partial charge is 0.472 e. The zero-order valence-corrected chi connectivity index (χ0v) is 16.9. The Morgan fingerprint density at radius 1 is 1.21 bits per heavy atom. The van der Waals surface area contributed by atoms with Crippen LogP contribution in [0.4, 0.5) is 0 Å². The Bertz CT molecular complexity index is 961. The first-order valence-electron chi connectivity index (χ1n) is 9.01. The molecule has 1 fully saturated rings. The number of likely N-dealkylation sites (tertiary alicyclic amines) is 1. The first-order valence-corrected chi connectivity index (χ1v) is 9.80. The fourth-order valence-corrected chi connectivity index (χ4v) is 3.43. The highest BCUT2D eigenvalue weighted by molar-refractivity contribution is 9.10. The van der Waals surface area contributed by atoms with E-state index >= 15 is 0 Å². The summed E-state index contributed by atoms with van der Waals surface area (Å²) < 4.78 is 6.88. The maximum absolute atomic E-state index is 13.3. The van der Waals surface area contributed by atoms with Crippen LogP contribution < -0.4 is 4.74 Å². The quantitative estimate of drug-likeness (QED) is 0.617. The van der Waals surface area contributed by atoms with Gasteiger partial charge < -0.3 is 9.64 Å². The van der Waals surface area contributed by atoms with Crippen LogP contribution in [0.5, 0.6) is 5.88 Å². The Labute approximate surface area is 170 Å². The number of halogens is 1. The minimum absolute atomic E-state index is 0.0967. The lowest BCUT2D eigenvalue weighted by atomic mass is 10.1. The SMILES string of the molecule is Cc1cnc(-n2nccn2)c(C(=O)N2CCCC(Oc3ccc(Br)cn3)C2)c1. The van der Waals surface area contributed by atoms with Gasteiger partial charge in [0.25, 0.3) is 5.91 Å². The summed E-state index contributed by atoms with van der Waals surface area (Å²) in [6, 6.07) is 5.53. The van der Waals surface area contributed by atoms with Crippen LogP contribution in [0.15, 0.2) is 47.5 Å². The summed E-state index contributed by atoms with van der Waals surface area (Å²) in [6.07, 6.45) is 8.16. The molecule has 0 aliphatic carbocycles. The molecule has 144 valence electrons. The minimum Gasteiger partial charge on any atom is -0.472 e. The van der Waals surface area contributed by atoms with Crippen molar-refractivity contribution in [3.05, 3.63) is 58.6 Å². The molecule has 0 radical (unpaired) electrons. The van der Waals surface area contributed by atoms with E-state index in [2.05, 4.69) is 36.1 Å². The molecule has 0 saturated carbocycles. The van der Waals surface area contributed by atoms with E-state index in [0.717, 1.165) is 22.9 Å². The molecule has 0 bridgehead atoms. The molecular formula is C19H19BrN6O2. The standard InChI is InChI=1S/C19H19BrN6O2/c1-13-9-16(18(22-10-13)26-23-6-7-24-26)19(27)25-8-2-3-15(12-25)28-17-5-4-14(20)11-21-17/h4-7,9-11,15H,2-3,8,12H2,1H3. The van der Waals surface area contributed by atoms with Crippen LogP contribution >= 0.6 is 15.9 Å². The van der Waals surface area contributed by atoms with E-state index in [0.29, 0.717) is 30.4 Å². The number of amides is 1. The zero-order valence-electron chi connectivity index (χ0n) is 15.3. The van der Waals surface area contributed by atoms with Gasteiger partial charge in [0.05, 0.1) is 24.5 Å². The lowest BCUT2D eigenvalue weighted by Crippen LogP contribution is -2.44. The van der Waals surface area contributed by atoms with E-state index in [-0.39, 0.29) is 12.0 Å². The number of hydrogen-bond acceptors (Lipinski definition) is 6. The maximum atomic E-state index is 13.3. The van der Waals surface area contributed by atoms with Crippen LogP contribution in [0.3, 0.4) is 0 Å². The van der Waals surface area contributed by atoms with Crippen molar-refractivity contribution in [2.75, 3.05) is 13.1 Å². The average Bonchev–Trinajstić information content (AvgIpc) is 3.24. The summed E-state index contributed by atoms with van der Waals surface area (Å²) in [4.78, 5) is 25.1. The molecule has 1 unspecified atom stereocenters. The van der Waals surface area contributed by atoms with E-state index in [4.69, 9.17) is 4.74 Å². The normalized spacial score (nSPS) is 16.8. The van der Waals surface area contributed by atoms with Gasteiger partial charge in [-0.25, -0.2) is 9.97 Å². The third-order valence-corrected chi connectivity index (χ3v) is 4.96. The molecule has 1 atom stereocenters. The van der Waals surface area contributed by atoms with Crippen LogP contribution in [-0.4, -0.2) is 55.0 Å². The van der Waals surface area contributed by atoms with Crippen LogP contribution in [-0.2, 0) is 0 Å². The monoisotopic (exact) mass is 442 g/mol. The van der Waals surface area contributed by atoms with Gasteiger partial charge in [0.1, 0.15) is 6.10 Å². The highest BCUT2D eigenvalue weighted by Crippen LogP contribution is 2.21. The summed E-state index contributed by atoms with van der Waals surface area (Å²) in [5.74, 6) is 0.889. The Morgan fingerprint density at radius 2 is 2.04 bits per heavy atom. The molecule has 9 heteroatoms. The number of piperidine rings is 1. The molecule has 1 saturated heterocycles. The minimum atomic E-state index is -0.101. The van der Waals surface area contributed by atoms with Gasteiger partial charge in [0.15, 0.2) is 5.82 Å². The second-order valence-corrected chi connectivity index (χ2v) is 7.57. The van der Waals surface area contributed by atoms with Gasteiger partial charge in [-0.2, -0.15) is 10.2 Å². The van der Waals surface area contributed by atoms with E-state index < -0.39 is 0 Å². The predicted molar refractivity (Wildman–Crippen MR) is 105 cm³/mol. The van der Waals surface area contributed by atoms with Crippen molar-refractivity contribution < 1.29 is 9.53 Å². The summed E-state index contributed by atoms with van der Waals surface area (Å²) in [7, 11) is 0. The number of hydrogen-bond donors (Lipinski definition) is 0. The van der Waals surface area contributed by atoms with Crippen LogP contribution in [0.25, 0.3) is 5.82 Å². The lowest BCUT2D eigenvalue weighted by molar-refractivity contribution is 0.0527. The number of pyridine rings is 2. The van der Waals surface area contributed by atoms with Gasteiger partial charge in [-0.3, -0.25) is 4.79 Å². The lowest BCUT2D eigenvalue weighted by Gasteiger charge is -2.33. The number of rotatable bonds is 4. The second kappa shape index (κ2) is 8.05. The number of ether oxygens (including phenoxy) is 1. The molecule has 1 aliphatic heterocycles. The molecule has 8 nitrogen and oxygen atoms in total. The van der Waals surface area contributed by atoms with E-state index in [1.807, 2.05) is 25.1 Å². The Morgan fingerprint density at radius 3 is 2.79 bits per heavy atom. The topological polar surface area (TPSA) is 86.0 Å². The average molecular weight is 443 g/mol. The van der Waals surface area contributed by atoms with Crippen molar-refractivity contribution in [1.29, 1.82) is 0 Å². The van der Waals surface area contributed by atoms with Gasteiger partial charge in [-0.15, -0.1) is 4.80 Å². The van der Waals surface area contributed by atoms with Crippen molar-refractivity contribution in [3.8, 4) is 11.7 Å². The number of carbonyl (C=O) groups excluding carboxylic acids is 1. The maximum Gasteiger partial charge on any atom is 0.257 e. The molecule has 4 rings (SSSR count). The Kier molecular flexibility index (Phi) is 5.34.